The average Bonchev–Trinajstić information content (AvgIpc) is 2.37. The van der Waals surface area contributed by atoms with Gasteiger partial charge in [-0.1, -0.05) is 24.3 Å². The highest BCUT2D eigenvalue weighted by atomic mass is 19.4. The van der Waals surface area contributed by atoms with Crippen molar-refractivity contribution in [2.45, 2.75) is 12.3 Å². The minimum atomic E-state index is -4.47. The molecule has 0 aromatic heterocycles. The quantitative estimate of drug-likeness (QED) is 0.820. The van der Waals surface area contributed by atoms with Crippen LogP contribution in [0, 0.1) is 5.82 Å². The molecule has 1 unspecified atom stereocenters. The summed E-state index contributed by atoms with van der Waals surface area (Å²) in [5.74, 6) is -0.552. The lowest BCUT2D eigenvalue weighted by Gasteiger charge is -2.14. The van der Waals surface area contributed by atoms with Crippen molar-refractivity contribution >= 4 is 0 Å². The standard InChI is InChI=1S/C14H10F4O/c15-12-6-2-4-10(8-12)13(19)9-3-1-5-11(7-9)14(16,17)18/h1-8,13,19H. The molecule has 0 heterocycles. The van der Waals surface area contributed by atoms with E-state index in [1.807, 2.05) is 0 Å². The van der Waals surface area contributed by atoms with E-state index in [0.717, 1.165) is 18.2 Å². The Bertz CT molecular complexity index is 578. The maximum Gasteiger partial charge on any atom is 0.416 e. The third kappa shape index (κ3) is 3.12. The van der Waals surface area contributed by atoms with Crippen LogP contribution in [0.1, 0.15) is 22.8 Å². The van der Waals surface area contributed by atoms with Crippen LogP contribution in [0.15, 0.2) is 48.5 Å². The molecule has 0 radical (unpaired) electrons. The number of rotatable bonds is 2. The van der Waals surface area contributed by atoms with Crippen LogP contribution in [0.5, 0.6) is 0 Å². The molecule has 2 aromatic rings. The molecule has 19 heavy (non-hydrogen) atoms. The third-order valence-corrected chi connectivity index (χ3v) is 2.69. The molecule has 5 heteroatoms. The van der Waals surface area contributed by atoms with Gasteiger partial charge in [-0.05, 0) is 35.4 Å². The smallest absolute Gasteiger partial charge is 0.384 e. The van der Waals surface area contributed by atoms with Crippen LogP contribution in [-0.4, -0.2) is 5.11 Å². The zero-order valence-corrected chi connectivity index (χ0v) is 9.66. The van der Waals surface area contributed by atoms with Crippen molar-refractivity contribution in [2.75, 3.05) is 0 Å². The number of hydrogen-bond acceptors (Lipinski definition) is 1. The molecule has 0 amide bonds. The molecule has 2 rings (SSSR count). The first-order valence-corrected chi connectivity index (χ1v) is 5.48. The van der Waals surface area contributed by atoms with Crippen molar-refractivity contribution < 1.29 is 22.7 Å². The molecular weight excluding hydrogens is 260 g/mol. The van der Waals surface area contributed by atoms with E-state index >= 15 is 0 Å². The number of benzene rings is 2. The molecule has 0 fully saturated rings. The van der Waals surface area contributed by atoms with Gasteiger partial charge in [0.25, 0.3) is 0 Å². The summed E-state index contributed by atoms with van der Waals surface area (Å²) in [6, 6.07) is 9.48. The minimum absolute atomic E-state index is 0.0698. The van der Waals surface area contributed by atoms with Crippen LogP contribution in [0.2, 0.25) is 0 Å². The summed E-state index contributed by atoms with van der Waals surface area (Å²) in [4.78, 5) is 0. The Morgan fingerprint density at radius 1 is 0.895 bits per heavy atom. The molecular formula is C14H10F4O. The molecule has 0 aliphatic rings. The second-order valence-electron chi connectivity index (χ2n) is 4.08. The summed E-state index contributed by atoms with van der Waals surface area (Å²) in [5.41, 5.74) is -0.569. The van der Waals surface area contributed by atoms with Gasteiger partial charge in [0.1, 0.15) is 11.9 Å². The number of aliphatic hydroxyl groups is 1. The number of halogens is 4. The first-order chi connectivity index (χ1) is 8.88. The van der Waals surface area contributed by atoms with E-state index in [1.54, 1.807) is 0 Å². The molecule has 0 aliphatic carbocycles. The highest BCUT2D eigenvalue weighted by Crippen LogP contribution is 2.32. The zero-order chi connectivity index (χ0) is 14.0. The largest absolute Gasteiger partial charge is 0.416 e. The first kappa shape index (κ1) is 13.5. The highest BCUT2D eigenvalue weighted by Gasteiger charge is 2.30. The SMILES string of the molecule is OC(c1cccc(F)c1)c1cccc(C(F)(F)F)c1. The Morgan fingerprint density at radius 2 is 1.47 bits per heavy atom. The van der Waals surface area contributed by atoms with E-state index in [1.165, 1.54) is 30.3 Å². The molecule has 0 aliphatic heterocycles. The Kier molecular flexibility index (Phi) is 3.57. The molecule has 100 valence electrons. The Labute approximate surface area is 107 Å². The Balaban J connectivity index is 2.37. The van der Waals surface area contributed by atoms with E-state index in [4.69, 9.17) is 0 Å². The zero-order valence-electron chi connectivity index (χ0n) is 9.66. The monoisotopic (exact) mass is 270 g/mol. The van der Waals surface area contributed by atoms with Gasteiger partial charge in [-0.3, -0.25) is 0 Å². The molecule has 0 saturated heterocycles. The van der Waals surface area contributed by atoms with Crippen molar-refractivity contribution in [3.8, 4) is 0 Å². The van der Waals surface area contributed by atoms with E-state index in [-0.39, 0.29) is 11.1 Å². The molecule has 2 aromatic carbocycles. The minimum Gasteiger partial charge on any atom is -0.384 e. The summed E-state index contributed by atoms with van der Waals surface area (Å²) in [7, 11) is 0. The van der Waals surface area contributed by atoms with Gasteiger partial charge in [0.2, 0.25) is 0 Å². The van der Waals surface area contributed by atoms with Gasteiger partial charge >= 0.3 is 6.18 Å². The van der Waals surface area contributed by atoms with E-state index in [9.17, 15) is 22.7 Å². The summed E-state index contributed by atoms with van der Waals surface area (Å²) in [6.07, 6.45) is -5.77. The lowest BCUT2D eigenvalue weighted by molar-refractivity contribution is -0.137. The molecule has 0 bridgehead atoms. The lowest BCUT2D eigenvalue weighted by Crippen LogP contribution is -2.07. The average molecular weight is 270 g/mol. The van der Waals surface area contributed by atoms with Crippen LogP contribution in [0.25, 0.3) is 0 Å². The molecule has 0 saturated carbocycles. The van der Waals surface area contributed by atoms with Crippen molar-refractivity contribution in [1.29, 1.82) is 0 Å². The second-order valence-corrected chi connectivity index (χ2v) is 4.08. The fraction of sp³-hybridized carbons (Fsp3) is 0.143. The second kappa shape index (κ2) is 5.01. The van der Waals surface area contributed by atoms with Crippen molar-refractivity contribution in [3.63, 3.8) is 0 Å². The van der Waals surface area contributed by atoms with Crippen molar-refractivity contribution in [2.24, 2.45) is 0 Å². The van der Waals surface area contributed by atoms with Crippen molar-refractivity contribution in [3.05, 3.63) is 71.0 Å². The topological polar surface area (TPSA) is 20.2 Å². The predicted octanol–water partition coefficient (Wildman–Crippen LogP) is 3.93. The number of aliphatic hydroxyl groups excluding tert-OH is 1. The summed E-state index contributed by atoms with van der Waals surface area (Å²) >= 11 is 0. The highest BCUT2D eigenvalue weighted by molar-refractivity contribution is 5.33. The number of hydrogen-bond donors (Lipinski definition) is 1. The molecule has 1 N–H and O–H groups in total. The lowest BCUT2D eigenvalue weighted by atomic mass is 9.99. The summed E-state index contributed by atoms with van der Waals surface area (Å²) < 4.78 is 50.7. The van der Waals surface area contributed by atoms with Crippen LogP contribution in [0.3, 0.4) is 0 Å². The van der Waals surface area contributed by atoms with Crippen LogP contribution in [0.4, 0.5) is 17.6 Å². The van der Waals surface area contributed by atoms with Gasteiger partial charge in [0, 0.05) is 0 Å². The van der Waals surface area contributed by atoms with Crippen LogP contribution in [-0.2, 0) is 6.18 Å². The van der Waals surface area contributed by atoms with Gasteiger partial charge in [0.05, 0.1) is 5.56 Å². The van der Waals surface area contributed by atoms with Gasteiger partial charge < -0.3 is 5.11 Å². The molecule has 1 nitrogen and oxygen atoms in total. The van der Waals surface area contributed by atoms with Gasteiger partial charge in [-0.2, -0.15) is 13.2 Å². The fourth-order valence-corrected chi connectivity index (χ4v) is 1.75. The van der Waals surface area contributed by atoms with E-state index in [0.29, 0.717) is 0 Å². The van der Waals surface area contributed by atoms with Gasteiger partial charge in [0.15, 0.2) is 0 Å². The maximum atomic E-state index is 13.0. The van der Waals surface area contributed by atoms with E-state index < -0.39 is 23.7 Å². The van der Waals surface area contributed by atoms with Crippen molar-refractivity contribution in [1.82, 2.24) is 0 Å². The third-order valence-electron chi connectivity index (χ3n) is 2.69. The first-order valence-electron chi connectivity index (χ1n) is 5.48. The summed E-state index contributed by atoms with van der Waals surface area (Å²) in [6.45, 7) is 0. The number of alkyl halides is 3. The van der Waals surface area contributed by atoms with Gasteiger partial charge in [-0.15, -0.1) is 0 Å². The molecule has 1 atom stereocenters. The van der Waals surface area contributed by atoms with E-state index in [2.05, 4.69) is 0 Å². The van der Waals surface area contributed by atoms with Crippen LogP contribution >= 0.6 is 0 Å². The Hall–Kier alpha value is -1.88. The summed E-state index contributed by atoms with van der Waals surface area (Å²) in [5, 5.41) is 9.97. The Morgan fingerprint density at radius 3 is 2.05 bits per heavy atom. The fourth-order valence-electron chi connectivity index (χ4n) is 1.75. The molecule has 0 spiro atoms. The maximum absolute atomic E-state index is 13.0. The normalized spacial score (nSPS) is 13.3. The van der Waals surface area contributed by atoms with Crippen LogP contribution < -0.4 is 0 Å². The predicted molar refractivity (Wildman–Crippen MR) is 61.9 cm³/mol. The van der Waals surface area contributed by atoms with Gasteiger partial charge in [-0.25, -0.2) is 4.39 Å².